The van der Waals surface area contributed by atoms with E-state index in [-0.39, 0.29) is 42.0 Å². The summed E-state index contributed by atoms with van der Waals surface area (Å²) in [6.45, 7) is 0.231. The topological polar surface area (TPSA) is 70.4 Å². The highest BCUT2D eigenvalue weighted by atomic mass is 19.1. The zero-order chi connectivity index (χ0) is 25.7. The second-order valence-corrected chi connectivity index (χ2v) is 10.1. The Morgan fingerprint density at radius 2 is 1.46 bits per heavy atom. The molecule has 2 aliphatic heterocycles. The van der Waals surface area contributed by atoms with E-state index >= 15 is 0 Å². The Hall–Kier alpha value is -4.05. The predicted molar refractivity (Wildman–Crippen MR) is 132 cm³/mol. The highest BCUT2D eigenvalue weighted by Crippen LogP contribution is 2.45. The van der Waals surface area contributed by atoms with E-state index in [0.29, 0.717) is 12.8 Å². The monoisotopic (exact) mass is 498 g/mol. The number of benzene rings is 3. The number of Topliss-reactive ketones (excluding diaryl/α,β-unsaturated/α-hetero) is 1. The number of carbonyl (C=O) groups is 2. The number of nitrogens with zero attached hydrogens (tertiary/aromatic N) is 2. The molecule has 6 rings (SSSR count). The summed E-state index contributed by atoms with van der Waals surface area (Å²) in [5.41, 5.74) is 3.84. The van der Waals surface area contributed by atoms with E-state index in [1.54, 1.807) is 4.90 Å². The molecule has 0 N–H and O–H groups in total. The Morgan fingerprint density at radius 3 is 2.00 bits per heavy atom. The van der Waals surface area contributed by atoms with Gasteiger partial charge in [0.25, 0.3) is 0 Å². The molecule has 0 radical (unpaired) electrons. The summed E-state index contributed by atoms with van der Waals surface area (Å²) < 4.78 is 34.0. The van der Waals surface area contributed by atoms with Crippen LogP contribution in [0.25, 0.3) is 11.1 Å². The predicted octanol–water partition coefficient (Wildman–Crippen LogP) is 6.21. The lowest BCUT2D eigenvalue weighted by molar-refractivity contribution is 0.0506. The van der Waals surface area contributed by atoms with Gasteiger partial charge in [0.05, 0.1) is 0 Å². The largest absolute Gasteiger partial charge is 0.448 e. The number of amides is 1. The summed E-state index contributed by atoms with van der Waals surface area (Å²) in [7, 11) is 0. The number of rotatable bonds is 4. The van der Waals surface area contributed by atoms with Crippen LogP contribution < -0.4 is 0 Å². The van der Waals surface area contributed by atoms with Crippen molar-refractivity contribution in [3.05, 3.63) is 94.6 Å². The van der Waals surface area contributed by atoms with E-state index in [0.717, 1.165) is 47.2 Å². The summed E-state index contributed by atoms with van der Waals surface area (Å²) in [6.07, 6.45) is 1.98. The van der Waals surface area contributed by atoms with Crippen molar-refractivity contribution < 1.29 is 23.1 Å². The van der Waals surface area contributed by atoms with Gasteiger partial charge >= 0.3 is 6.09 Å². The van der Waals surface area contributed by atoms with Gasteiger partial charge in [-0.3, -0.25) is 4.79 Å². The number of ether oxygens (including phenoxy) is 1. The zero-order valence-electron chi connectivity index (χ0n) is 20.0. The molecule has 0 aromatic heterocycles. The van der Waals surface area contributed by atoms with Gasteiger partial charge in [0, 0.05) is 29.5 Å². The van der Waals surface area contributed by atoms with Crippen LogP contribution in [0.1, 0.15) is 58.6 Å². The first-order valence-corrected chi connectivity index (χ1v) is 12.5. The van der Waals surface area contributed by atoms with Gasteiger partial charge < -0.3 is 9.64 Å². The van der Waals surface area contributed by atoms with Gasteiger partial charge in [0.1, 0.15) is 29.9 Å². The molecule has 5 nitrogen and oxygen atoms in total. The minimum Gasteiger partial charge on any atom is -0.448 e. The number of fused-ring (bicyclic) bond motifs is 5. The van der Waals surface area contributed by atoms with Gasteiger partial charge in [0.2, 0.25) is 0 Å². The maximum atomic E-state index is 14.1. The van der Waals surface area contributed by atoms with Crippen LogP contribution in [0.4, 0.5) is 13.6 Å². The van der Waals surface area contributed by atoms with Crippen LogP contribution in [0, 0.1) is 28.9 Å². The van der Waals surface area contributed by atoms with Crippen LogP contribution in [-0.4, -0.2) is 35.5 Å². The number of hydrogen-bond donors (Lipinski definition) is 0. The van der Waals surface area contributed by atoms with Gasteiger partial charge in [-0.25, -0.2) is 13.6 Å². The van der Waals surface area contributed by atoms with Crippen molar-refractivity contribution in [3.63, 3.8) is 0 Å². The molecule has 0 spiro atoms. The molecule has 3 aromatic carbocycles. The van der Waals surface area contributed by atoms with Crippen LogP contribution in [-0.2, 0) is 4.74 Å². The fraction of sp³-hybridized carbons (Fsp3) is 0.300. The van der Waals surface area contributed by atoms with Crippen molar-refractivity contribution in [2.45, 2.75) is 43.7 Å². The Bertz CT molecular complexity index is 1380. The normalized spacial score (nSPS) is 21.8. The van der Waals surface area contributed by atoms with E-state index in [9.17, 15) is 18.4 Å². The lowest BCUT2D eigenvalue weighted by atomic mass is 9.84. The minimum absolute atomic E-state index is 0.0331. The molecule has 37 heavy (non-hydrogen) atoms. The number of ketones is 1. The summed E-state index contributed by atoms with van der Waals surface area (Å²) in [4.78, 5) is 28.1. The number of nitriles is 1. The van der Waals surface area contributed by atoms with Gasteiger partial charge in [-0.1, -0.05) is 48.5 Å². The van der Waals surface area contributed by atoms with Crippen molar-refractivity contribution in [3.8, 4) is 17.2 Å². The van der Waals surface area contributed by atoms with Gasteiger partial charge in [-0.15, -0.1) is 0 Å². The molecular weight excluding hydrogens is 474 g/mol. The van der Waals surface area contributed by atoms with E-state index in [1.165, 1.54) is 6.07 Å². The molecule has 186 valence electrons. The fourth-order valence-corrected chi connectivity index (χ4v) is 6.42. The molecule has 3 aromatic rings. The first kappa shape index (κ1) is 23.4. The molecule has 2 atom stereocenters. The third-order valence-electron chi connectivity index (χ3n) is 8.09. The van der Waals surface area contributed by atoms with Crippen molar-refractivity contribution in [1.82, 2.24) is 4.90 Å². The van der Waals surface area contributed by atoms with Crippen LogP contribution in [0.2, 0.25) is 0 Å². The molecule has 0 saturated carbocycles. The molecule has 2 saturated heterocycles. The van der Waals surface area contributed by atoms with Crippen LogP contribution in [0.3, 0.4) is 0 Å². The molecule has 2 bridgehead atoms. The Balaban J connectivity index is 1.15. The minimum atomic E-state index is -1.04. The van der Waals surface area contributed by atoms with E-state index in [2.05, 4.69) is 24.3 Å². The van der Waals surface area contributed by atoms with Crippen molar-refractivity contribution in [2.75, 3.05) is 6.61 Å². The van der Waals surface area contributed by atoms with E-state index in [4.69, 9.17) is 10.00 Å². The third kappa shape index (κ3) is 3.88. The summed E-state index contributed by atoms with van der Waals surface area (Å²) >= 11 is 0. The van der Waals surface area contributed by atoms with Gasteiger partial charge in [0.15, 0.2) is 5.78 Å². The third-order valence-corrected chi connectivity index (χ3v) is 8.09. The van der Waals surface area contributed by atoms with Crippen LogP contribution >= 0.6 is 0 Å². The fourth-order valence-electron chi connectivity index (χ4n) is 6.42. The SMILES string of the molecule is N#Cc1c(F)cc(C(=O)C2CC3CCC(C2)N3C(=O)OCC2c3ccccc3-c3ccccc32)cc1F. The molecule has 2 fully saturated rings. The molecule has 2 heterocycles. The second-order valence-electron chi connectivity index (χ2n) is 10.1. The molecule has 7 heteroatoms. The Kier molecular flexibility index (Phi) is 5.75. The van der Waals surface area contributed by atoms with Gasteiger partial charge in [-0.2, -0.15) is 5.26 Å². The lowest BCUT2D eigenvalue weighted by Gasteiger charge is -2.37. The van der Waals surface area contributed by atoms with E-state index in [1.807, 2.05) is 24.3 Å². The van der Waals surface area contributed by atoms with Crippen molar-refractivity contribution >= 4 is 11.9 Å². The number of piperidine rings is 1. The zero-order valence-corrected chi connectivity index (χ0v) is 20.0. The van der Waals surface area contributed by atoms with Crippen LogP contribution in [0.15, 0.2) is 60.7 Å². The van der Waals surface area contributed by atoms with Gasteiger partial charge in [-0.05, 0) is 60.1 Å². The number of hydrogen-bond acceptors (Lipinski definition) is 4. The Morgan fingerprint density at radius 1 is 0.919 bits per heavy atom. The van der Waals surface area contributed by atoms with Crippen molar-refractivity contribution in [1.29, 1.82) is 5.26 Å². The highest BCUT2D eigenvalue weighted by molar-refractivity contribution is 5.98. The highest BCUT2D eigenvalue weighted by Gasteiger charge is 2.46. The number of halogens is 2. The molecule has 2 unspecified atom stereocenters. The molecular formula is C30H24F2N2O3. The first-order valence-electron chi connectivity index (χ1n) is 12.5. The molecule has 1 aliphatic carbocycles. The second kappa shape index (κ2) is 9.11. The quantitative estimate of drug-likeness (QED) is 0.401. The first-order chi connectivity index (χ1) is 18.0. The number of carbonyl (C=O) groups excluding carboxylic acids is 2. The molecule has 3 aliphatic rings. The maximum Gasteiger partial charge on any atom is 0.410 e. The standard InChI is InChI=1S/C30H24F2N2O3/c31-27-13-18(14-28(32)25(27)15-33)29(35)17-11-19-9-10-20(12-17)34(19)30(36)37-16-26-23-7-3-1-5-21(23)22-6-2-4-8-24(22)26/h1-8,13-14,17,19-20,26H,9-12,16H2. The summed E-state index contributed by atoms with van der Waals surface area (Å²) in [6, 6.07) is 19.4. The summed E-state index contributed by atoms with van der Waals surface area (Å²) in [5.74, 6) is -2.91. The average Bonchev–Trinajstić information content (AvgIpc) is 3.37. The molecule has 1 amide bonds. The average molecular weight is 499 g/mol. The summed E-state index contributed by atoms with van der Waals surface area (Å²) in [5, 5.41) is 8.88. The smallest absolute Gasteiger partial charge is 0.410 e. The van der Waals surface area contributed by atoms with Crippen LogP contribution in [0.5, 0.6) is 0 Å². The maximum absolute atomic E-state index is 14.1. The van der Waals surface area contributed by atoms with E-state index < -0.39 is 23.1 Å². The van der Waals surface area contributed by atoms with Crippen molar-refractivity contribution in [2.24, 2.45) is 5.92 Å². The Labute approximate surface area is 213 Å². The lowest BCUT2D eigenvalue weighted by Crippen LogP contribution is -2.48.